The highest BCUT2D eigenvalue weighted by atomic mass is 16.5. The van der Waals surface area contributed by atoms with Crippen molar-refractivity contribution < 1.29 is 9.53 Å². The first-order chi connectivity index (χ1) is 11.7. The van der Waals surface area contributed by atoms with Crippen LogP contribution in [0.4, 0.5) is 11.5 Å². The summed E-state index contributed by atoms with van der Waals surface area (Å²) in [6, 6.07) is 11.0. The Morgan fingerprint density at radius 1 is 1.25 bits per heavy atom. The lowest BCUT2D eigenvalue weighted by atomic mass is 9.99. The van der Waals surface area contributed by atoms with Crippen molar-refractivity contribution in [2.24, 2.45) is 5.92 Å². The normalized spacial score (nSPS) is 15.2. The van der Waals surface area contributed by atoms with Crippen molar-refractivity contribution in [3.63, 3.8) is 0 Å². The molecule has 0 bridgehead atoms. The zero-order valence-corrected chi connectivity index (χ0v) is 14.2. The number of hydrogen-bond acceptors (Lipinski definition) is 4. The predicted octanol–water partition coefficient (Wildman–Crippen LogP) is 3.58. The summed E-state index contributed by atoms with van der Waals surface area (Å²) in [5.74, 6) is 2.26. The number of nitrogens with zero attached hydrogens (tertiary/aromatic N) is 2. The molecule has 1 aliphatic heterocycles. The number of anilines is 2. The molecule has 126 valence electrons. The summed E-state index contributed by atoms with van der Waals surface area (Å²) < 4.78 is 5.15. The first-order valence-corrected chi connectivity index (χ1v) is 8.32. The van der Waals surface area contributed by atoms with Crippen molar-refractivity contribution in [3.8, 4) is 5.75 Å². The maximum Gasteiger partial charge on any atom is 0.255 e. The van der Waals surface area contributed by atoms with Gasteiger partial charge in [-0.05, 0) is 49.1 Å². The van der Waals surface area contributed by atoms with Gasteiger partial charge >= 0.3 is 0 Å². The van der Waals surface area contributed by atoms with Gasteiger partial charge in [0.15, 0.2) is 0 Å². The Morgan fingerprint density at radius 2 is 2.04 bits per heavy atom. The number of piperidine rings is 1. The standard InChI is InChI=1S/C19H23N3O2/c1-14-8-10-22(11-9-14)18-7-6-16(13-20-18)21-19(23)15-4-3-5-17(12-15)24-2/h3-7,12-14H,8-11H2,1-2H3,(H,21,23). The Labute approximate surface area is 142 Å². The van der Waals surface area contributed by atoms with E-state index in [9.17, 15) is 4.79 Å². The van der Waals surface area contributed by atoms with Crippen LogP contribution >= 0.6 is 0 Å². The lowest BCUT2D eigenvalue weighted by Gasteiger charge is -2.31. The average Bonchev–Trinajstić information content (AvgIpc) is 2.63. The molecule has 2 heterocycles. The molecule has 0 aliphatic carbocycles. The van der Waals surface area contributed by atoms with Gasteiger partial charge in [0, 0.05) is 18.7 Å². The van der Waals surface area contributed by atoms with E-state index in [0.29, 0.717) is 17.0 Å². The number of carbonyl (C=O) groups is 1. The molecule has 1 amide bonds. The maximum atomic E-state index is 12.3. The van der Waals surface area contributed by atoms with Crippen molar-refractivity contribution in [2.75, 3.05) is 30.4 Å². The average molecular weight is 325 g/mol. The van der Waals surface area contributed by atoms with Crippen molar-refractivity contribution in [1.82, 2.24) is 4.98 Å². The number of methoxy groups -OCH3 is 1. The molecule has 0 spiro atoms. The molecule has 1 aromatic heterocycles. The number of amides is 1. The van der Waals surface area contributed by atoms with Gasteiger partial charge in [0.05, 0.1) is 19.0 Å². The molecule has 3 rings (SSSR count). The minimum atomic E-state index is -0.171. The molecule has 1 fully saturated rings. The van der Waals surface area contributed by atoms with Crippen molar-refractivity contribution >= 4 is 17.4 Å². The van der Waals surface area contributed by atoms with Crippen LogP contribution in [0, 0.1) is 5.92 Å². The molecule has 5 heteroatoms. The van der Waals surface area contributed by atoms with E-state index in [1.54, 1.807) is 31.5 Å². The van der Waals surface area contributed by atoms with E-state index in [-0.39, 0.29) is 5.91 Å². The first-order valence-electron chi connectivity index (χ1n) is 8.32. The molecule has 0 saturated carbocycles. The monoisotopic (exact) mass is 325 g/mol. The number of ether oxygens (including phenoxy) is 1. The molecule has 5 nitrogen and oxygen atoms in total. The third kappa shape index (κ3) is 3.85. The third-order valence-electron chi connectivity index (χ3n) is 4.45. The minimum Gasteiger partial charge on any atom is -0.497 e. The lowest BCUT2D eigenvalue weighted by Crippen LogP contribution is -2.33. The highest BCUT2D eigenvalue weighted by molar-refractivity contribution is 6.04. The molecule has 2 aromatic rings. The second kappa shape index (κ2) is 7.34. The van der Waals surface area contributed by atoms with Gasteiger partial charge in [-0.25, -0.2) is 4.98 Å². The van der Waals surface area contributed by atoms with Gasteiger partial charge in [-0.2, -0.15) is 0 Å². The summed E-state index contributed by atoms with van der Waals surface area (Å²) in [6.07, 6.45) is 4.12. The van der Waals surface area contributed by atoms with Crippen LogP contribution in [0.5, 0.6) is 5.75 Å². The molecule has 1 aromatic carbocycles. The largest absolute Gasteiger partial charge is 0.497 e. The maximum absolute atomic E-state index is 12.3. The highest BCUT2D eigenvalue weighted by Gasteiger charge is 2.17. The molecule has 0 unspecified atom stereocenters. The smallest absolute Gasteiger partial charge is 0.255 e. The fraction of sp³-hybridized carbons (Fsp3) is 0.368. The summed E-state index contributed by atoms with van der Waals surface area (Å²) >= 11 is 0. The quantitative estimate of drug-likeness (QED) is 0.933. The molecule has 1 N–H and O–H groups in total. The van der Waals surface area contributed by atoms with Gasteiger partial charge in [-0.1, -0.05) is 13.0 Å². The van der Waals surface area contributed by atoms with E-state index < -0.39 is 0 Å². The summed E-state index contributed by atoms with van der Waals surface area (Å²) in [7, 11) is 1.58. The Kier molecular flexibility index (Phi) is 4.99. The summed E-state index contributed by atoms with van der Waals surface area (Å²) in [5, 5.41) is 2.87. The van der Waals surface area contributed by atoms with Gasteiger partial charge in [0.2, 0.25) is 0 Å². The Balaban J connectivity index is 1.64. The Morgan fingerprint density at radius 3 is 2.71 bits per heavy atom. The third-order valence-corrected chi connectivity index (χ3v) is 4.45. The van der Waals surface area contributed by atoms with Gasteiger partial charge in [0.1, 0.15) is 11.6 Å². The number of rotatable bonds is 4. The van der Waals surface area contributed by atoms with Crippen LogP contribution in [0.25, 0.3) is 0 Å². The number of nitrogens with one attached hydrogen (secondary N) is 1. The number of carbonyl (C=O) groups excluding carboxylic acids is 1. The van der Waals surface area contributed by atoms with Crippen molar-refractivity contribution in [3.05, 3.63) is 48.2 Å². The van der Waals surface area contributed by atoms with E-state index in [1.807, 2.05) is 18.2 Å². The lowest BCUT2D eigenvalue weighted by molar-refractivity contribution is 0.102. The van der Waals surface area contributed by atoms with Gasteiger partial charge in [0.25, 0.3) is 5.91 Å². The fourth-order valence-corrected chi connectivity index (χ4v) is 2.85. The molecule has 0 radical (unpaired) electrons. The Bertz CT molecular complexity index is 692. The summed E-state index contributed by atoms with van der Waals surface area (Å²) in [5.41, 5.74) is 1.25. The number of benzene rings is 1. The molecule has 1 saturated heterocycles. The van der Waals surface area contributed by atoms with E-state index in [0.717, 1.165) is 24.8 Å². The van der Waals surface area contributed by atoms with Crippen LogP contribution in [0.15, 0.2) is 42.6 Å². The number of aromatic nitrogens is 1. The molecule has 0 atom stereocenters. The second-order valence-corrected chi connectivity index (χ2v) is 6.26. The Hall–Kier alpha value is -2.56. The van der Waals surface area contributed by atoms with Crippen LogP contribution in [0.2, 0.25) is 0 Å². The van der Waals surface area contributed by atoms with E-state index >= 15 is 0 Å². The molecule has 1 aliphatic rings. The number of pyridine rings is 1. The molecular weight excluding hydrogens is 302 g/mol. The number of hydrogen-bond donors (Lipinski definition) is 1. The van der Waals surface area contributed by atoms with Crippen molar-refractivity contribution in [1.29, 1.82) is 0 Å². The first kappa shape index (κ1) is 16.3. The summed E-state index contributed by atoms with van der Waals surface area (Å²) in [4.78, 5) is 19.1. The van der Waals surface area contributed by atoms with Crippen LogP contribution < -0.4 is 15.0 Å². The molecular formula is C19H23N3O2. The van der Waals surface area contributed by atoms with Crippen LogP contribution in [0.3, 0.4) is 0 Å². The molecule has 24 heavy (non-hydrogen) atoms. The van der Waals surface area contributed by atoms with Gasteiger partial charge in [-0.15, -0.1) is 0 Å². The highest BCUT2D eigenvalue weighted by Crippen LogP contribution is 2.22. The van der Waals surface area contributed by atoms with Gasteiger partial charge in [-0.3, -0.25) is 4.79 Å². The topological polar surface area (TPSA) is 54.5 Å². The van der Waals surface area contributed by atoms with E-state index in [4.69, 9.17) is 4.74 Å². The van der Waals surface area contributed by atoms with Crippen LogP contribution in [-0.2, 0) is 0 Å². The van der Waals surface area contributed by atoms with Crippen molar-refractivity contribution in [2.45, 2.75) is 19.8 Å². The van der Waals surface area contributed by atoms with Gasteiger partial charge < -0.3 is 15.0 Å². The second-order valence-electron chi connectivity index (χ2n) is 6.26. The SMILES string of the molecule is COc1cccc(C(=O)Nc2ccc(N3CCC(C)CC3)nc2)c1. The minimum absolute atomic E-state index is 0.171. The zero-order chi connectivity index (χ0) is 16.9. The van der Waals surface area contributed by atoms with E-state index in [2.05, 4.69) is 22.1 Å². The summed E-state index contributed by atoms with van der Waals surface area (Å²) in [6.45, 7) is 4.38. The van der Waals surface area contributed by atoms with Crippen LogP contribution in [-0.4, -0.2) is 31.1 Å². The predicted molar refractivity (Wildman–Crippen MR) is 95.8 cm³/mol. The fourth-order valence-electron chi connectivity index (χ4n) is 2.85. The van der Waals surface area contributed by atoms with E-state index in [1.165, 1.54) is 12.8 Å². The van der Waals surface area contributed by atoms with Crippen LogP contribution in [0.1, 0.15) is 30.1 Å². The zero-order valence-electron chi connectivity index (χ0n) is 14.2.